The topological polar surface area (TPSA) is 44.8 Å². The molecule has 0 rings (SSSR count). The van der Waals surface area contributed by atoms with Gasteiger partial charge in [-0.2, -0.15) is 0 Å². The van der Waals surface area contributed by atoms with Crippen LogP contribution in [0.15, 0.2) is 0 Å². The van der Waals surface area contributed by atoms with Crippen molar-refractivity contribution in [2.24, 2.45) is 0 Å². The van der Waals surface area contributed by atoms with E-state index in [1.54, 1.807) is 6.92 Å². The van der Waals surface area contributed by atoms with E-state index >= 15 is 0 Å². The van der Waals surface area contributed by atoms with Crippen LogP contribution in [0.1, 0.15) is 27.2 Å². The van der Waals surface area contributed by atoms with Crippen molar-refractivity contribution in [1.82, 2.24) is 0 Å². The molecule has 0 amide bonds. The van der Waals surface area contributed by atoms with Crippen molar-refractivity contribution in [2.45, 2.75) is 39.6 Å². The molecule has 0 aromatic rings. The SMILES string of the molecule is CCOC(C#CC[C@H](C)OC(=O)Cl)OCC. The van der Waals surface area contributed by atoms with E-state index in [9.17, 15) is 4.79 Å². The Bertz CT molecular complexity index is 250. The molecule has 0 heterocycles. The summed E-state index contributed by atoms with van der Waals surface area (Å²) in [6.07, 6.45) is -0.454. The fourth-order valence-electron chi connectivity index (χ4n) is 0.920. The molecule has 92 valence electrons. The quantitative estimate of drug-likeness (QED) is 0.412. The zero-order valence-electron chi connectivity index (χ0n) is 9.79. The highest BCUT2D eigenvalue weighted by Crippen LogP contribution is 2.00. The van der Waals surface area contributed by atoms with Crippen LogP contribution in [0.2, 0.25) is 0 Å². The summed E-state index contributed by atoms with van der Waals surface area (Å²) in [5, 5.41) is 0. The molecule has 16 heavy (non-hydrogen) atoms. The average molecular weight is 249 g/mol. The average Bonchev–Trinajstić information content (AvgIpc) is 2.17. The van der Waals surface area contributed by atoms with E-state index in [1.807, 2.05) is 13.8 Å². The number of carbonyl (C=O) groups is 1. The second-order valence-electron chi connectivity index (χ2n) is 2.93. The van der Waals surface area contributed by atoms with E-state index in [0.29, 0.717) is 19.6 Å². The van der Waals surface area contributed by atoms with Gasteiger partial charge in [0.05, 0.1) is 0 Å². The third-order valence-corrected chi connectivity index (χ3v) is 1.63. The lowest BCUT2D eigenvalue weighted by Crippen LogP contribution is -2.15. The fourth-order valence-corrected chi connectivity index (χ4v) is 1.07. The maximum Gasteiger partial charge on any atom is 0.404 e. The summed E-state index contributed by atoms with van der Waals surface area (Å²) < 4.78 is 15.1. The first kappa shape index (κ1) is 15.2. The minimum absolute atomic E-state index is 0.332. The Morgan fingerprint density at radius 1 is 1.31 bits per heavy atom. The van der Waals surface area contributed by atoms with Gasteiger partial charge in [0.1, 0.15) is 6.10 Å². The Morgan fingerprint density at radius 2 is 1.88 bits per heavy atom. The molecular weight excluding hydrogens is 232 g/mol. The van der Waals surface area contributed by atoms with Crippen molar-refractivity contribution in [1.29, 1.82) is 0 Å². The number of ether oxygens (including phenoxy) is 3. The van der Waals surface area contributed by atoms with Crippen LogP contribution >= 0.6 is 11.6 Å². The molecule has 1 atom stereocenters. The lowest BCUT2D eigenvalue weighted by Gasteiger charge is -2.10. The van der Waals surface area contributed by atoms with Crippen LogP contribution in [0.25, 0.3) is 0 Å². The third-order valence-electron chi connectivity index (χ3n) is 1.54. The molecule has 0 bridgehead atoms. The Hall–Kier alpha value is -0.760. The predicted molar refractivity (Wildman–Crippen MR) is 61.2 cm³/mol. The predicted octanol–water partition coefficient (Wildman–Crippen LogP) is 2.54. The van der Waals surface area contributed by atoms with Gasteiger partial charge in [-0.1, -0.05) is 5.92 Å². The first-order chi connectivity index (χ1) is 7.60. The number of hydrogen-bond acceptors (Lipinski definition) is 4. The van der Waals surface area contributed by atoms with Gasteiger partial charge >= 0.3 is 5.43 Å². The first-order valence-electron chi connectivity index (χ1n) is 5.17. The summed E-state index contributed by atoms with van der Waals surface area (Å²) in [7, 11) is 0. The lowest BCUT2D eigenvalue weighted by atomic mass is 10.3. The maximum absolute atomic E-state index is 10.4. The molecule has 0 saturated heterocycles. The summed E-state index contributed by atoms with van der Waals surface area (Å²) in [5.41, 5.74) is -0.819. The number of hydrogen-bond donors (Lipinski definition) is 0. The van der Waals surface area contributed by atoms with Gasteiger partial charge in [-0.3, -0.25) is 0 Å². The van der Waals surface area contributed by atoms with E-state index in [2.05, 4.69) is 11.8 Å². The maximum atomic E-state index is 10.4. The van der Waals surface area contributed by atoms with Crippen LogP contribution in [0.4, 0.5) is 4.79 Å². The molecule has 0 aromatic carbocycles. The molecule has 4 nitrogen and oxygen atoms in total. The van der Waals surface area contributed by atoms with Crippen molar-refractivity contribution in [3.05, 3.63) is 0 Å². The first-order valence-corrected chi connectivity index (χ1v) is 5.55. The van der Waals surface area contributed by atoms with E-state index in [4.69, 9.17) is 25.8 Å². The highest BCUT2D eigenvalue weighted by molar-refractivity contribution is 6.61. The third kappa shape index (κ3) is 8.54. The van der Waals surface area contributed by atoms with Crippen molar-refractivity contribution in [2.75, 3.05) is 13.2 Å². The van der Waals surface area contributed by atoms with Crippen molar-refractivity contribution < 1.29 is 19.0 Å². The van der Waals surface area contributed by atoms with Crippen molar-refractivity contribution >= 4 is 17.0 Å². The van der Waals surface area contributed by atoms with Gasteiger partial charge in [-0.25, -0.2) is 4.79 Å². The molecule has 0 spiro atoms. The van der Waals surface area contributed by atoms with Crippen LogP contribution < -0.4 is 0 Å². The normalized spacial score (nSPS) is 11.8. The van der Waals surface area contributed by atoms with E-state index in [1.165, 1.54) is 0 Å². The molecule has 0 aliphatic rings. The molecule has 0 aromatic heterocycles. The zero-order valence-corrected chi connectivity index (χ0v) is 10.5. The Labute approximate surface area is 101 Å². The van der Waals surface area contributed by atoms with Crippen LogP contribution in [0, 0.1) is 11.8 Å². The van der Waals surface area contributed by atoms with Crippen LogP contribution in [0.3, 0.4) is 0 Å². The minimum Gasteiger partial charge on any atom is -0.450 e. The standard InChI is InChI=1S/C11H17ClO4/c1-4-14-10(15-5-2)8-6-7-9(3)16-11(12)13/h9-10H,4-5,7H2,1-3H3/t9-/m0/s1. The zero-order chi connectivity index (χ0) is 12.4. The molecule has 5 heteroatoms. The van der Waals surface area contributed by atoms with Crippen molar-refractivity contribution in [3.8, 4) is 11.8 Å². The van der Waals surface area contributed by atoms with Crippen LogP contribution in [-0.4, -0.2) is 31.0 Å². The molecule has 0 radical (unpaired) electrons. The minimum atomic E-state index is -0.819. The van der Waals surface area contributed by atoms with E-state index in [0.717, 1.165) is 0 Å². The van der Waals surface area contributed by atoms with Crippen LogP contribution in [0.5, 0.6) is 0 Å². The summed E-state index contributed by atoms with van der Waals surface area (Å²) in [4.78, 5) is 10.4. The smallest absolute Gasteiger partial charge is 0.404 e. The fraction of sp³-hybridized carbons (Fsp3) is 0.727. The lowest BCUT2D eigenvalue weighted by molar-refractivity contribution is -0.0970. The van der Waals surface area contributed by atoms with Gasteiger partial charge in [-0.15, -0.1) is 0 Å². The number of carbonyl (C=O) groups excluding carboxylic acids is 1. The Morgan fingerprint density at radius 3 is 2.31 bits per heavy atom. The summed E-state index contributed by atoms with van der Waals surface area (Å²) in [6, 6.07) is 0. The highest BCUT2D eigenvalue weighted by Gasteiger charge is 2.05. The molecule has 0 N–H and O–H groups in total. The van der Waals surface area contributed by atoms with Gasteiger partial charge in [0.25, 0.3) is 0 Å². The monoisotopic (exact) mass is 248 g/mol. The Balaban J connectivity index is 3.98. The highest BCUT2D eigenvalue weighted by atomic mass is 35.5. The van der Waals surface area contributed by atoms with Gasteiger partial charge in [0, 0.05) is 31.2 Å². The summed E-state index contributed by atoms with van der Waals surface area (Å²) >= 11 is 5.05. The molecule has 0 saturated carbocycles. The van der Waals surface area contributed by atoms with Gasteiger partial charge in [0.15, 0.2) is 0 Å². The molecule has 0 aliphatic carbocycles. The second-order valence-corrected chi connectivity index (χ2v) is 3.24. The number of halogens is 1. The summed E-state index contributed by atoms with van der Waals surface area (Å²) in [6.45, 7) is 6.51. The van der Waals surface area contributed by atoms with Gasteiger partial charge in [-0.05, 0) is 26.7 Å². The molecular formula is C11H17ClO4. The van der Waals surface area contributed by atoms with Gasteiger partial charge in [0.2, 0.25) is 6.29 Å². The molecule has 0 unspecified atom stereocenters. The summed E-state index contributed by atoms with van der Waals surface area (Å²) in [5.74, 6) is 5.62. The largest absolute Gasteiger partial charge is 0.450 e. The van der Waals surface area contributed by atoms with E-state index in [-0.39, 0.29) is 6.10 Å². The van der Waals surface area contributed by atoms with Gasteiger partial charge < -0.3 is 14.2 Å². The number of rotatable bonds is 6. The van der Waals surface area contributed by atoms with E-state index < -0.39 is 11.7 Å². The Kier molecular flexibility index (Phi) is 9.02. The second kappa shape index (κ2) is 9.46. The molecule has 0 fully saturated rings. The van der Waals surface area contributed by atoms with Crippen LogP contribution in [-0.2, 0) is 14.2 Å². The molecule has 0 aliphatic heterocycles. The van der Waals surface area contributed by atoms with Crippen molar-refractivity contribution in [3.63, 3.8) is 0 Å².